The van der Waals surface area contributed by atoms with Crippen LogP contribution in [0.4, 0.5) is 11.4 Å². The van der Waals surface area contributed by atoms with Gasteiger partial charge in [0.05, 0.1) is 22.2 Å². The fourth-order valence-corrected chi connectivity index (χ4v) is 8.97. The van der Waals surface area contributed by atoms with Crippen LogP contribution in [0.2, 0.25) is 5.02 Å². The number of hydrogen-bond donors (Lipinski definition) is 1. The van der Waals surface area contributed by atoms with Crippen LogP contribution in [-0.2, 0) is 30.0 Å². The number of benzene rings is 2. The van der Waals surface area contributed by atoms with Gasteiger partial charge in [-0.1, -0.05) is 35.9 Å². The molecule has 3 aromatic rings. The first-order chi connectivity index (χ1) is 22.4. The standard InChI is InChI=1S/C33H40ClN3O9S2/c1-7-44-26(38)19-45-28-27(34)29(47-30(28)31(39)46-32(2,3)4)22-11-9-12-23(17-22)35-24-14-15-36(33(5,6)18-24)48(42,43)20-21-10-8-13-25(16-21)37(40)41/h8-13,16-17,24,35H,7,14-15,18-20H2,1-6H3. The number of carbonyl (C=O) groups excluding carboxylic acids is 2. The maximum atomic E-state index is 13.5. The van der Waals surface area contributed by atoms with Gasteiger partial charge in [0.2, 0.25) is 10.0 Å². The lowest BCUT2D eigenvalue weighted by molar-refractivity contribution is -0.384. The molecule has 1 N–H and O–H groups in total. The first-order valence-corrected chi connectivity index (χ1v) is 18.2. The molecule has 1 aromatic heterocycles. The zero-order valence-electron chi connectivity index (χ0n) is 27.7. The molecule has 4 rings (SSSR count). The minimum Gasteiger partial charge on any atom is -0.479 e. The Morgan fingerprint density at radius 1 is 1.17 bits per heavy atom. The molecule has 0 radical (unpaired) electrons. The number of hydrogen-bond acceptors (Lipinski definition) is 11. The molecule has 2 heterocycles. The largest absolute Gasteiger partial charge is 0.479 e. The number of non-ortho nitro benzene ring substituents is 1. The van der Waals surface area contributed by atoms with E-state index in [2.05, 4.69) is 5.32 Å². The number of nitrogens with zero attached hydrogens (tertiary/aromatic N) is 2. The van der Waals surface area contributed by atoms with Crippen LogP contribution < -0.4 is 10.1 Å². The summed E-state index contributed by atoms with van der Waals surface area (Å²) in [5.41, 5.74) is 0.143. The van der Waals surface area contributed by atoms with Crippen LogP contribution in [0.25, 0.3) is 10.4 Å². The van der Waals surface area contributed by atoms with E-state index in [1.54, 1.807) is 33.8 Å². The van der Waals surface area contributed by atoms with Gasteiger partial charge in [-0.15, -0.1) is 11.3 Å². The second-order valence-electron chi connectivity index (χ2n) is 13.0. The van der Waals surface area contributed by atoms with Crippen LogP contribution in [0.1, 0.15) is 69.6 Å². The van der Waals surface area contributed by atoms with Gasteiger partial charge in [0.15, 0.2) is 17.2 Å². The normalized spacial score (nSPS) is 16.6. The highest BCUT2D eigenvalue weighted by atomic mass is 35.5. The van der Waals surface area contributed by atoms with Crippen molar-refractivity contribution in [3.63, 3.8) is 0 Å². The lowest BCUT2D eigenvalue weighted by Gasteiger charge is -2.45. The second-order valence-corrected chi connectivity index (χ2v) is 16.3. The third-order valence-electron chi connectivity index (χ3n) is 7.44. The number of sulfonamides is 1. The summed E-state index contributed by atoms with van der Waals surface area (Å²) in [6.45, 7) is 10.6. The first kappa shape index (κ1) is 37.1. The van der Waals surface area contributed by atoms with Crippen LogP contribution >= 0.6 is 22.9 Å². The van der Waals surface area contributed by atoms with E-state index in [4.69, 9.17) is 25.8 Å². The summed E-state index contributed by atoms with van der Waals surface area (Å²) >= 11 is 7.86. The van der Waals surface area contributed by atoms with Gasteiger partial charge in [-0.3, -0.25) is 10.1 Å². The number of ether oxygens (including phenoxy) is 3. The molecule has 1 aliphatic heterocycles. The van der Waals surface area contributed by atoms with Gasteiger partial charge in [0.25, 0.3) is 5.69 Å². The first-order valence-electron chi connectivity index (χ1n) is 15.3. The van der Waals surface area contributed by atoms with Gasteiger partial charge in [-0.25, -0.2) is 18.0 Å². The number of nitro benzene ring substituents is 1. The number of piperidine rings is 1. The molecule has 0 saturated carbocycles. The number of esters is 2. The van der Waals surface area contributed by atoms with Gasteiger partial charge in [0.1, 0.15) is 10.6 Å². The van der Waals surface area contributed by atoms with Crippen LogP contribution in [0.15, 0.2) is 48.5 Å². The lowest BCUT2D eigenvalue weighted by atomic mass is 9.89. The maximum absolute atomic E-state index is 13.5. The van der Waals surface area contributed by atoms with Crippen molar-refractivity contribution in [1.29, 1.82) is 0 Å². The number of thiophene rings is 1. The van der Waals surface area contributed by atoms with E-state index < -0.39 is 44.6 Å². The molecular weight excluding hydrogens is 682 g/mol. The fraction of sp³-hybridized carbons (Fsp3) is 0.455. The zero-order valence-corrected chi connectivity index (χ0v) is 30.1. The predicted octanol–water partition coefficient (Wildman–Crippen LogP) is 7.06. The minimum absolute atomic E-state index is 0.0396. The number of halogens is 1. The van der Waals surface area contributed by atoms with E-state index in [0.29, 0.717) is 28.8 Å². The molecule has 1 fully saturated rings. The summed E-state index contributed by atoms with van der Waals surface area (Å²) in [5.74, 6) is -1.54. The molecule has 1 atom stereocenters. The number of rotatable bonds is 12. The summed E-state index contributed by atoms with van der Waals surface area (Å²) in [4.78, 5) is 36.4. The van der Waals surface area contributed by atoms with Gasteiger partial charge in [-0.2, -0.15) is 4.31 Å². The molecule has 2 aromatic carbocycles. The van der Waals surface area contributed by atoms with Gasteiger partial charge >= 0.3 is 11.9 Å². The molecule has 0 amide bonds. The summed E-state index contributed by atoms with van der Waals surface area (Å²) in [7, 11) is -3.77. The van der Waals surface area contributed by atoms with Gasteiger partial charge < -0.3 is 19.5 Å². The van der Waals surface area contributed by atoms with E-state index in [1.165, 1.54) is 22.5 Å². The molecule has 0 aliphatic carbocycles. The van der Waals surface area contributed by atoms with E-state index in [1.807, 2.05) is 38.1 Å². The van der Waals surface area contributed by atoms with Crippen LogP contribution in [0, 0.1) is 10.1 Å². The predicted molar refractivity (Wildman–Crippen MR) is 185 cm³/mol. The minimum atomic E-state index is -3.77. The van der Waals surface area contributed by atoms with Gasteiger partial charge in [0, 0.05) is 35.9 Å². The number of anilines is 1. The number of nitro groups is 1. The lowest BCUT2D eigenvalue weighted by Crippen LogP contribution is -2.55. The summed E-state index contributed by atoms with van der Waals surface area (Å²) in [6.07, 6.45) is 1.02. The third kappa shape index (κ3) is 9.24. The van der Waals surface area contributed by atoms with E-state index in [-0.39, 0.29) is 46.3 Å². The van der Waals surface area contributed by atoms with Crippen molar-refractivity contribution in [3.8, 4) is 16.2 Å². The summed E-state index contributed by atoms with van der Waals surface area (Å²) in [6, 6.07) is 13.0. The molecule has 260 valence electrons. The SMILES string of the molecule is CCOC(=O)COc1c(C(=O)OC(C)(C)C)sc(-c2cccc(NC3CCN(S(=O)(=O)Cc4cccc([N+](=O)[O-])c4)C(C)(C)C3)c2)c1Cl. The van der Waals surface area contributed by atoms with E-state index in [0.717, 1.165) is 17.0 Å². The molecule has 1 aliphatic rings. The highest BCUT2D eigenvalue weighted by molar-refractivity contribution is 7.88. The van der Waals surface area contributed by atoms with Crippen molar-refractivity contribution in [2.45, 2.75) is 77.3 Å². The van der Waals surface area contributed by atoms with Crippen LogP contribution in [0.3, 0.4) is 0 Å². The Kier molecular flexibility index (Phi) is 11.4. The number of carbonyl (C=O) groups is 2. The van der Waals surface area contributed by atoms with Crippen molar-refractivity contribution in [3.05, 3.63) is 74.1 Å². The Hall–Kier alpha value is -3.72. The monoisotopic (exact) mass is 721 g/mol. The third-order valence-corrected chi connectivity index (χ3v) is 11.2. The number of nitrogens with one attached hydrogen (secondary N) is 1. The highest BCUT2D eigenvalue weighted by Gasteiger charge is 2.41. The average molecular weight is 722 g/mol. The Bertz CT molecular complexity index is 1780. The van der Waals surface area contributed by atoms with E-state index >= 15 is 0 Å². The molecule has 1 saturated heterocycles. The topological polar surface area (TPSA) is 154 Å². The zero-order chi connectivity index (χ0) is 35.4. The van der Waals surface area contributed by atoms with Crippen molar-refractivity contribution in [2.75, 3.05) is 25.1 Å². The van der Waals surface area contributed by atoms with Gasteiger partial charge in [-0.05, 0) is 77.6 Å². The summed E-state index contributed by atoms with van der Waals surface area (Å²) < 4.78 is 44.7. The molecular formula is C33H40ClN3O9S2. The Morgan fingerprint density at radius 2 is 1.88 bits per heavy atom. The van der Waals surface area contributed by atoms with Crippen molar-refractivity contribution >= 4 is 56.3 Å². The molecule has 15 heteroatoms. The van der Waals surface area contributed by atoms with Crippen LogP contribution in [-0.4, -0.2) is 66.5 Å². The van der Waals surface area contributed by atoms with E-state index in [9.17, 15) is 28.1 Å². The summed E-state index contributed by atoms with van der Waals surface area (Å²) in [5, 5.41) is 14.9. The quantitative estimate of drug-likeness (QED) is 0.117. The second kappa shape index (κ2) is 14.8. The smallest absolute Gasteiger partial charge is 0.352 e. The average Bonchev–Trinajstić information content (AvgIpc) is 3.30. The van der Waals surface area contributed by atoms with Crippen molar-refractivity contribution < 1.29 is 37.1 Å². The van der Waals surface area contributed by atoms with Crippen molar-refractivity contribution in [1.82, 2.24) is 4.31 Å². The highest BCUT2D eigenvalue weighted by Crippen LogP contribution is 2.46. The fourth-order valence-electron chi connectivity index (χ4n) is 5.56. The Labute approximate surface area is 289 Å². The van der Waals surface area contributed by atoms with Crippen LogP contribution in [0.5, 0.6) is 5.75 Å². The molecule has 48 heavy (non-hydrogen) atoms. The maximum Gasteiger partial charge on any atom is 0.352 e. The molecule has 1 unspecified atom stereocenters. The Morgan fingerprint density at radius 3 is 2.52 bits per heavy atom. The Balaban J connectivity index is 1.52. The molecule has 12 nitrogen and oxygen atoms in total. The van der Waals surface area contributed by atoms with Crippen molar-refractivity contribution in [2.24, 2.45) is 0 Å². The molecule has 0 spiro atoms. The molecule has 0 bridgehead atoms.